The van der Waals surface area contributed by atoms with Crippen molar-refractivity contribution >= 4 is 23.4 Å². The summed E-state index contributed by atoms with van der Waals surface area (Å²) in [5.74, 6) is 1.44. The molecule has 0 radical (unpaired) electrons. The van der Waals surface area contributed by atoms with Crippen LogP contribution in [0.2, 0.25) is 0 Å². The van der Waals surface area contributed by atoms with Crippen LogP contribution < -0.4 is 10.1 Å². The number of fused-ring (bicyclic) bond motifs is 1. The van der Waals surface area contributed by atoms with E-state index in [-0.39, 0.29) is 11.7 Å². The molecule has 0 spiro atoms. The van der Waals surface area contributed by atoms with Crippen molar-refractivity contribution in [1.29, 1.82) is 0 Å². The molecule has 2 aromatic heterocycles. The zero-order chi connectivity index (χ0) is 22.5. The van der Waals surface area contributed by atoms with E-state index in [0.717, 1.165) is 34.7 Å². The number of para-hydroxylation sites is 1. The number of nitrogens with one attached hydrogen (secondary N) is 1. The average Bonchev–Trinajstić information content (AvgIpc) is 3.23. The highest BCUT2D eigenvalue weighted by Gasteiger charge is 2.15. The Morgan fingerprint density at radius 1 is 1.06 bits per heavy atom. The molecule has 0 unspecified atom stereocenters. The molecule has 0 aliphatic heterocycles. The molecule has 4 rings (SSSR count). The number of hydrogen-bond donors (Lipinski definition) is 1. The number of carbonyl (C=O) groups is 1. The minimum absolute atomic E-state index is 0.0922. The maximum atomic E-state index is 12.3. The van der Waals surface area contributed by atoms with Gasteiger partial charge in [0.25, 0.3) is 5.78 Å². The predicted octanol–water partition coefficient (Wildman–Crippen LogP) is 3.75. The summed E-state index contributed by atoms with van der Waals surface area (Å²) in [5.41, 5.74) is 5.25. The number of methoxy groups -OCH3 is 1. The van der Waals surface area contributed by atoms with Crippen molar-refractivity contribution in [3.05, 3.63) is 82.7 Å². The standard InChI is InChI=1S/C24H25N5O2S/c1-16-20(13-18-9-5-4-6-10-18)17(2)29-23(26-16)27-24(28-29)32-15-22(30)25-14-19-11-7-8-12-21(19)31-3/h4-12H,13-15H2,1-3H3,(H,25,30). The first kappa shape index (κ1) is 21.8. The molecule has 1 N–H and O–H groups in total. The van der Waals surface area contributed by atoms with Crippen LogP contribution in [0, 0.1) is 13.8 Å². The van der Waals surface area contributed by atoms with Gasteiger partial charge in [0.2, 0.25) is 11.1 Å². The van der Waals surface area contributed by atoms with Crippen molar-refractivity contribution in [3.63, 3.8) is 0 Å². The summed E-state index contributed by atoms with van der Waals surface area (Å²) >= 11 is 1.30. The molecule has 0 saturated heterocycles. The number of nitrogens with zero attached hydrogens (tertiary/aromatic N) is 4. The molecule has 8 heteroatoms. The van der Waals surface area contributed by atoms with E-state index in [0.29, 0.717) is 17.5 Å². The maximum absolute atomic E-state index is 12.3. The molecule has 0 saturated carbocycles. The lowest BCUT2D eigenvalue weighted by Crippen LogP contribution is -2.24. The van der Waals surface area contributed by atoms with Gasteiger partial charge in [-0.2, -0.15) is 4.98 Å². The van der Waals surface area contributed by atoms with Gasteiger partial charge in [-0.15, -0.1) is 5.10 Å². The van der Waals surface area contributed by atoms with Crippen molar-refractivity contribution in [2.24, 2.45) is 0 Å². The molecule has 7 nitrogen and oxygen atoms in total. The number of thioether (sulfide) groups is 1. The fraction of sp³-hybridized carbons (Fsp3) is 0.250. The number of amides is 1. The van der Waals surface area contributed by atoms with Crippen LogP contribution >= 0.6 is 11.8 Å². The second-order valence-electron chi connectivity index (χ2n) is 7.41. The first-order chi connectivity index (χ1) is 15.5. The van der Waals surface area contributed by atoms with Gasteiger partial charge in [0.05, 0.1) is 12.9 Å². The molecule has 2 aromatic carbocycles. The number of rotatable bonds is 8. The number of ether oxygens (including phenoxy) is 1. The van der Waals surface area contributed by atoms with Crippen molar-refractivity contribution in [2.45, 2.75) is 32.0 Å². The Morgan fingerprint density at radius 3 is 2.59 bits per heavy atom. The largest absolute Gasteiger partial charge is 0.496 e. The summed E-state index contributed by atoms with van der Waals surface area (Å²) in [7, 11) is 1.62. The predicted molar refractivity (Wildman–Crippen MR) is 125 cm³/mol. The molecule has 0 aliphatic carbocycles. The van der Waals surface area contributed by atoms with Crippen molar-refractivity contribution in [3.8, 4) is 5.75 Å². The van der Waals surface area contributed by atoms with Crippen LogP contribution in [0.1, 0.15) is 28.1 Å². The van der Waals surface area contributed by atoms with Crippen LogP contribution in [0.5, 0.6) is 5.75 Å². The van der Waals surface area contributed by atoms with Crippen molar-refractivity contribution < 1.29 is 9.53 Å². The monoisotopic (exact) mass is 447 g/mol. The smallest absolute Gasteiger partial charge is 0.253 e. The fourth-order valence-corrected chi connectivity index (χ4v) is 4.18. The third kappa shape index (κ3) is 4.91. The van der Waals surface area contributed by atoms with Crippen LogP contribution in [0.3, 0.4) is 0 Å². The molecule has 0 atom stereocenters. The zero-order valence-corrected chi connectivity index (χ0v) is 19.1. The van der Waals surface area contributed by atoms with E-state index >= 15 is 0 Å². The molecule has 32 heavy (non-hydrogen) atoms. The number of benzene rings is 2. The van der Waals surface area contributed by atoms with Gasteiger partial charge in [0.1, 0.15) is 5.75 Å². The van der Waals surface area contributed by atoms with Gasteiger partial charge in [-0.25, -0.2) is 9.50 Å². The molecule has 0 fully saturated rings. The van der Waals surface area contributed by atoms with E-state index in [1.54, 1.807) is 11.6 Å². The Kier molecular flexibility index (Phi) is 6.70. The van der Waals surface area contributed by atoms with Gasteiger partial charge >= 0.3 is 0 Å². The molecular weight excluding hydrogens is 422 g/mol. The van der Waals surface area contributed by atoms with Crippen molar-refractivity contribution in [2.75, 3.05) is 12.9 Å². The quantitative estimate of drug-likeness (QED) is 0.414. The van der Waals surface area contributed by atoms with E-state index in [1.807, 2.05) is 56.3 Å². The van der Waals surface area contributed by atoms with Crippen molar-refractivity contribution in [1.82, 2.24) is 24.9 Å². The number of hydrogen-bond acceptors (Lipinski definition) is 6. The molecule has 2 heterocycles. The number of aromatic nitrogens is 4. The summed E-state index contributed by atoms with van der Waals surface area (Å²) in [5, 5.41) is 8.03. The Morgan fingerprint density at radius 2 is 1.81 bits per heavy atom. The first-order valence-corrected chi connectivity index (χ1v) is 11.3. The van der Waals surface area contributed by atoms with E-state index < -0.39 is 0 Å². The lowest BCUT2D eigenvalue weighted by atomic mass is 10.0. The van der Waals surface area contributed by atoms with Gasteiger partial charge in [0.15, 0.2) is 0 Å². The highest BCUT2D eigenvalue weighted by molar-refractivity contribution is 7.99. The van der Waals surface area contributed by atoms with Crippen LogP contribution in [-0.4, -0.2) is 38.4 Å². The van der Waals surface area contributed by atoms with Gasteiger partial charge in [0, 0.05) is 29.9 Å². The third-order valence-electron chi connectivity index (χ3n) is 5.25. The molecule has 1 amide bonds. The Hall–Kier alpha value is -3.39. The molecule has 164 valence electrons. The Balaban J connectivity index is 1.42. The van der Waals surface area contributed by atoms with E-state index in [1.165, 1.54) is 17.3 Å². The van der Waals surface area contributed by atoms with Crippen LogP contribution in [0.25, 0.3) is 5.78 Å². The van der Waals surface area contributed by atoms with Gasteiger partial charge in [-0.3, -0.25) is 4.79 Å². The van der Waals surface area contributed by atoms with Gasteiger partial charge in [-0.1, -0.05) is 60.3 Å². The normalized spacial score (nSPS) is 11.0. The second kappa shape index (κ2) is 9.82. The highest BCUT2D eigenvalue weighted by Crippen LogP contribution is 2.21. The lowest BCUT2D eigenvalue weighted by Gasteiger charge is -2.10. The summed E-state index contributed by atoms with van der Waals surface area (Å²) in [6.45, 7) is 4.44. The molecular formula is C24H25N5O2S. The molecule has 0 aliphatic rings. The minimum atomic E-state index is -0.0922. The van der Waals surface area contributed by atoms with E-state index in [9.17, 15) is 4.79 Å². The SMILES string of the molecule is COc1ccccc1CNC(=O)CSc1nc2nc(C)c(Cc3ccccc3)c(C)n2n1. The zero-order valence-electron chi connectivity index (χ0n) is 18.3. The van der Waals surface area contributed by atoms with Crippen LogP contribution in [0.15, 0.2) is 59.8 Å². The first-order valence-electron chi connectivity index (χ1n) is 10.3. The summed E-state index contributed by atoms with van der Waals surface area (Å²) in [4.78, 5) is 21.5. The van der Waals surface area contributed by atoms with Crippen LogP contribution in [0.4, 0.5) is 0 Å². The third-order valence-corrected chi connectivity index (χ3v) is 6.09. The maximum Gasteiger partial charge on any atom is 0.253 e. The van der Waals surface area contributed by atoms with Gasteiger partial charge in [-0.05, 0) is 31.0 Å². The topological polar surface area (TPSA) is 81.4 Å². The summed E-state index contributed by atoms with van der Waals surface area (Å²) in [6.07, 6.45) is 0.787. The molecule has 4 aromatic rings. The number of aryl methyl sites for hydroxylation is 2. The lowest BCUT2D eigenvalue weighted by molar-refractivity contribution is -0.118. The Bertz CT molecular complexity index is 1240. The van der Waals surface area contributed by atoms with Crippen LogP contribution in [-0.2, 0) is 17.8 Å². The minimum Gasteiger partial charge on any atom is -0.496 e. The fourth-order valence-electron chi connectivity index (χ4n) is 3.53. The second-order valence-corrected chi connectivity index (χ2v) is 8.35. The highest BCUT2D eigenvalue weighted by atomic mass is 32.2. The molecule has 0 bridgehead atoms. The summed E-state index contributed by atoms with van der Waals surface area (Å²) < 4.78 is 7.09. The number of carbonyl (C=O) groups excluding carboxylic acids is 1. The van der Waals surface area contributed by atoms with E-state index in [4.69, 9.17) is 4.74 Å². The van der Waals surface area contributed by atoms with Gasteiger partial charge < -0.3 is 10.1 Å². The average molecular weight is 448 g/mol. The summed E-state index contributed by atoms with van der Waals surface area (Å²) in [6, 6.07) is 17.9. The Labute approximate surface area is 191 Å². The van der Waals surface area contributed by atoms with E-state index in [2.05, 4.69) is 32.5 Å².